The van der Waals surface area contributed by atoms with Crippen LogP contribution in [0.25, 0.3) is 0 Å². The Hall–Kier alpha value is -2.48. The summed E-state index contributed by atoms with van der Waals surface area (Å²) in [6, 6.07) is 12.1. The average Bonchev–Trinajstić information content (AvgIpc) is 3.14. The van der Waals surface area contributed by atoms with Crippen LogP contribution in [0.3, 0.4) is 0 Å². The van der Waals surface area contributed by atoms with Crippen molar-refractivity contribution in [2.75, 3.05) is 31.1 Å². The molecule has 1 aromatic heterocycles. The maximum absolute atomic E-state index is 13.1. The number of thiazole rings is 1. The van der Waals surface area contributed by atoms with Crippen LogP contribution < -0.4 is 10.2 Å². The van der Waals surface area contributed by atoms with Gasteiger partial charge in [-0.2, -0.15) is 0 Å². The molecule has 1 amide bonds. The minimum Gasteiger partial charge on any atom is -0.347 e. The van der Waals surface area contributed by atoms with Crippen molar-refractivity contribution in [3.63, 3.8) is 0 Å². The van der Waals surface area contributed by atoms with E-state index in [-0.39, 0.29) is 11.7 Å². The Bertz CT molecular complexity index is 1070. The van der Waals surface area contributed by atoms with Crippen LogP contribution in [0.1, 0.15) is 32.8 Å². The molecule has 2 aromatic carbocycles. The van der Waals surface area contributed by atoms with Gasteiger partial charge in [0, 0.05) is 54.4 Å². The lowest BCUT2D eigenvalue weighted by Gasteiger charge is -2.21. The Morgan fingerprint density at radius 2 is 1.97 bits per heavy atom. The monoisotopic (exact) mass is 472 g/mol. The molecule has 0 atom stereocenters. The number of aromatic nitrogens is 1. The van der Waals surface area contributed by atoms with E-state index in [0.29, 0.717) is 17.1 Å². The van der Waals surface area contributed by atoms with Gasteiger partial charge >= 0.3 is 0 Å². The number of nitrogens with one attached hydrogen (secondary N) is 1. The second kappa shape index (κ2) is 10.4. The van der Waals surface area contributed by atoms with E-state index in [2.05, 4.69) is 20.1 Å². The highest BCUT2D eigenvalue weighted by atomic mass is 35.5. The van der Waals surface area contributed by atoms with Gasteiger partial charge in [0.1, 0.15) is 5.82 Å². The molecule has 1 fully saturated rings. The van der Waals surface area contributed by atoms with Gasteiger partial charge in [0.15, 0.2) is 5.13 Å². The van der Waals surface area contributed by atoms with Crippen molar-refractivity contribution in [3.8, 4) is 0 Å². The molecule has 0 unspecified atom stereocenters. The number of anilines is 1. The molecule has 5 nitrogen and oxygen atoms in total. The zero-order chi connectivity index (χ0) is 22.5. The summed E-state index contributed by atoms with van der Waals surface area (Å²) in [4.78, 5) is 22.8. The number of nitrogens with zero attached hydrogens (tertiary/aromatic N) is 3. The lowest BCUT2D eigenvalue weighted by atomic mass is 10.1. The van der Waals surface area contributed by atoms with E-state index >= 15 is 0 Å². The van der Waals surface area contributed by atoms with Crippen LogP contribution in [-0.2, 0) is 13.1 Å². The van der Waals surface area contributed by atoms with Crippen molar-refractivity contribution in [2.24, 2.45) is 0 Å². The van der Waals surface area contributed by atoms with E-state index in [1.165, 1.54) is 12.1 Å². The molecule has 1 aliphatic heterocycles. The number of hydrogen-bond acceptors (Lipinski definition) is 5. The molecule has 0 bridgehead atoms. The summed E-state index contributed by atoms with van der Waals surface area (Å²) in [6.45, 7) is 6.88. The van der Waals surface area contributed by atoms with Gasteiger partial charge in [-0.15, -0.1) is 11.3 Å². The van der Waals surface area contributed by atoms with Crippen molar-refractivity contribution in [3.05, 3.63) is 81.1 Å². The minimum absolute atomic E-state index is 0.133. The normalized spacial score (nSPS) is 14.9. The third kappa shape index (κ3) is 5.65. The second-order valence-corrected chi connectivity index (χ2v) is 9.45. The van der Waals surface area contributed by atoms with Gasteiger partial charge in [-0.25, -0.2) is 9.37 Å². The molecule has 32 heavy (non-hydrogen) atoms. The molecule has 0 spiro atoms. The number of halogens is 2. The molecule has 1 saturated heterocycles. The summed E-state index contributed by atoms with van der Waals surface area (Å²) in [5, 5.41) is 4.54. The first-order valence-electron chi connectivity index (χ1n) is 10.7. The Labute approximate surface area is 196 Å². The lowest BCUT2D eigenvalue weighted by molar-refractivity contribution is 0.0950. The summed E-state index contributed by atoms with van der Waals surface area (Å²) in [7, 11) is 0. The van der Waals surface area contributed by atoms with Crippen LogP contribution in [-0.4, -0.2) is 42.0 Å². The number of amides is 1. The largest absolute Gasteiger partial charge is 0.347 e. The Kier molecular flexibility index (Phi) is 7.40. The van der Waals surface area contributed by atoms with Crippen molar-refractivity contribution in [2.45, 2.75) is 26.4 Å². The maximum Gasteiger partial charge on any atom is 0.251 e. The van der Waals surface area contributed by atoms with Crippen LogP contribution >= 0.6 is 22.9 Å². The van der Waals surface area contributed by atoms with E-state index in [1.54, 1.807) is 29.5 Å². The lowest BCUT2D eigenvalue weighted by Crippen LogP contribution is -2.30. The first-order chi connectivity index (χ1) is 15.5. The van der Waals surface area contributed by atoms with E-state index in [9.17, 15) is 9.18 Å². The van der Waals surface area contributed by atoms with Gasteiger partial charge in [0.2, 0.25) is 0 Å². The quantitative estimate of drug-likeness (QED) is 0.555. The fourth-order valence-corrected chi connectivity index (χ4v) is 4.89. The first-order valence-corrected chi connectivity index (χ1v) is 11.9. The van der Waals surface area contributed by atoms with Crippen molar-refractivity contribution < 1.29 is 9.18 Å². The predicted octanol–water partition coefficient (Wildman–Crippen LogP) is 4.89. The Morgan fingerprint density at radius 1 is 1.16 bits per heavy atom. The van der Waals surface area contributed by atoms with Crippen LogP contribution in [0.4, 0.5) is 9.52 Å². The second-order valence-electron chi connectivity index (χ2n) is 7.95. The molecular weight excluding hydrogens is 447 g/mol. The van der Waals surface area contributed by atoms with E-state index in [4.69, 9.17) is 11.6 Å². The number of carbonyl (C=O) groups excluding carboxylic acids is 1. The molecule has 3 aromatic rings. The number of benzene rings is 2. The zero-order valence-electron chi connectivity index (χ0n) is 18.0. The SMILES string of the molecule is Cc1c(Cl)cccc1C(=O)NCc1cnc(N2CCCN(Cc3ccc(F)cc3)CC2)s1. The number of carbonyl (C=O) groups is 1. The van der Waals surface area contributed by atoms with Crippen molar-refractivity contribution >= 4 is 34.0 Å². The fourth-order valence-electron chi connectivity index (χ4n) is 3.81. The maximum atomic E-state index is 13.1. The highest BCUT2D eigenvalue weighted by Crippen LogP contribution is 2.24. The molecule has 0 radical (unpaired) electrons. The van der Waals surface area contributed by atoms with Gasteiger partial charge in [-0.05, 0) is 48.7 Å². The fraction of sp³-hybridized carbons (Fsp3) is 0.333. The van der Waals surface area contributed by atoms with Crippen molar-refractivity contribution in [1.29, 1.82) is 0 Å². The summed E-state index contributed by atoms with van der Waals surface area (Å²) >= 11 is 7.74. The third-order valence-corrected chi connectivity index (χ3v) is 7.12. The van der Waals surface area contributed by atoms with E-state index < -0.39 is 0 Å². The topological polar surface area (TPSA) is 48.5 Å². The molecule has 0 aliphatic carbocycles. The summed E-state index contributed by atoms with van der Waals surface area (Å²) in [6.07, 6.45) is 2.88. The van der Waals surface area contributed by atoms with Crippen LogP contribution in [0.2, 0.25) is 5.02 Å². The number of rotatable bonds is 6. The Balaban J connectivity index is 1.31. The van der Waals surface area contributed by atoms with Crippen LogP contribution in [0.5, 0.6) is 0 Å². The minimum atomic E-state index is -0.200. The molecule has 1 N–H and O–H groups in total. The van der Waals surface area contributed by atoms with Gasteiger partial charge in [-0.1, -0.05) is 29.8 Å². The van der Waals surface area contributed by atoms with Crippen LogP contribution in [0, 0.1) is 12.7 Å². The molecule has 4 rings (SSSR count). The third-order valence-electron chi connectivity index (χ3n) is 5.66. The summed E-state index contributed by atoms with van der Waals surface area (Å²) in [5.41, 5.74) is 2.50. The van der Waals surface area contributed by atoms with Gasteiger partial charge < -0.3 is 10.2 Å². The zero-order valence-corrected chi connectivity index (χ0v) is 19.6. The molecule has 2 heterocycles. The van der Waals surface area contributed by atoms with Gasteiger partial charge in [-0.3, -0.25) is 9.69 Å². The van der Waals surface area contributed by atoms with Crippen molar-refractivity contribution in [1.82, 2.24) is 15.2 Å². The molecule has 168 valence electrons. The standard InChI is InChI=1S/C24H26ClFN4OS/c1-17-21(4-2-5-22(17)25)23(31)27-14-20-15-28-24(32-20)30-11-3-10-29(12-13-30)16-18-6-8-19(26)9-7-18/h2,4-9,15H,3,10-14,16H2,1H3,(H,27,31). The van der Waals surface area contributed by atoms with Crippen LogP contribution in [0.15, 0.2) is 48.7 Å². The highest BCUT2D eigenvalue weighted by molar-refractivity contribution is 7.15. The molecule has 1 aliphatic rings. The first kappa shape index (κ1) is 22.7. The van der Waals surface area contributed by atoms with E-state index in [1.807, 2.05) is 25.3 Å². The molecule has 0 saturated carbocycles. The predicted molar refractivity (Wildman–Crippen MR) is 128 cm³/mol. The summed E-state index contributed by atoms with van der Waals surface area (Å²) in [5.74, 6) is -0.333. The van der Waals surface area contributed by atoms with Gasteiger partial charge in [0.05, 0.1) is 6.54 Å². The summed E-state index contributed by atoms with van der Waals surface area (Å²) < 4.78 is 13.1. The number of hydrogen-bond donors (Lipinski definition) is 1. The Morgan fingerprint density at radius 3 is 2.78 bits per heavy atom. The smallest absolute Gasteiger partial charge is 0.251 e. The molecule has 8 heteroatoms. The highest BCUT2D eigenvalue weighted by Gasteiger charge is 2.18. The van der Waals surface area contributed by atoms with E-state index in [0.717, 1.165) is 60.3 Å². The van der Waals surface area contributed by atoms with Gasteiger partial charge in [0.25, 0.3) is 5.91 Å². The molecular formula is C24H26ClFN4OS. The average molecular weight is 473 g/mol.